The maximum absolute atomic E-state index is 4.40. The Bertz CT molecular complexity index is 376. The highest BCUT2D eigenvalue weighted by Crippen LogP contribution is 2.24. The Morgan fingerprint density at radius 3 is 2.82 bits per heavy atom. The molecule has 0 radical (unpaired) electrons. The summed E-state index contributed by atoms with van der Waals surface area (Å²) in [5.41, 5.74) is 2.58. The molecule has 1 aliphatic rings. The van der Waals surface area contributed by atoms with Crippen molar-refractivity contribution in [3.63, 3.8) is 0 Å². The smallest absolute Gasteiger partial charge is 0.133 e. The van der Waals surface area contributed by atoms with Crippen LogP contribution in [0, 0.1) is 0 Å². The van der Waals surface area contributed by atoms with Gasteiger partial charge in [0.2, 0.25) is 0 Å². The Morgan fingerprint density at radius 1 is 1.29 bits per heavy atom. The molecule has 1 aromatic rings. The van der Waals surface area contributed by atoms with Crippen molar-refractivity contribution in [1.82, 2.24) is 14.9 Å². The molecule has 17 heavy (non-hydrogen) atoms. The minimum absolute atomic E-state index is 0.408. The number of aryl methyl sites for hydroxylation is 1. The van der Waals surface area contributed by atoms with Gasteiger partial charge in [0.25, 0.3) is 0 Å². The van der Waals surface area contributed by atoms with Crippen LogP contribution < -0.4 is 5.32 Å². The van der Waals surface area contributed by atoms with Crippen LogP contribution in [0.3, 0.4) is 0 Å². The van der Waals surface area contributed by atoms with E-state index < -0.39 is 0 Å². The molecule has 94 valence electrons. The van der Waals surface area contributed by atoms with Gasteiger partial charge in [-0.25, -0.2) is 9.97 Å². The zero-order valence-electron chi connectivity index (χ0n) is 11.0. The first-order valence-corrected chi connectivity index (χ1v) is 6.41. The van der Waals surface area contributed by atoms with Crippen LogP contribution in [0.25, 0.3) is 0 Å². The first-order valence-electron chi connectivity index (χ1n) is 6.41. The lowest BCUT2D eigenvalue weighted by molar-refractivity contribution is 0.391. The van der Waals surface area contributed by atoms with Crippen molar-refractivity contribution >= 4 is 5.82 Å². The summed E-state index contributed by atoms with van der Waals surface area (Å²) in [4.78, 5) is 11.0. The summed E-state index contributed by atoms with van der Waals surface area (Å²) < 4.78 is 0. The number of nitrogens with zero attached hydrogens (tertiary/aromatic N) is 3. The number of rotatable bonds is 4. The molecular formula is C13H22N4. The van der Waals surface area contributed by atoms with Crippen LogP contribution in [0.2, 0.25) is 0 Å². The molecular weight excluding hydrogens is 212 g/mol. The molecule has 2 rings (SSSR count). The highest BCUT2D eigenvalue weighted by molar-refractivity contribution is 5.47. The Labute approximate surface area is 103 Å². The van der Waals surface area contributed by atoms with Gasteiger partial charge in [0.15, 0.2) is 0 Å². The highest BCUT2D eigenvalue weighted by atomic mass is 15.1. The fourth-order valence-electron chi connectivity index (χ4n) is 2.47. The van der Waals surface area contributed by atoms with Crippen molar-refractivity contribution in [3.05, 3.63) is 17.6 Å². The van der Waals surface area contributed by atoms with E-state index >= 15 is 0 Å². The molecule has 1 atom stereocenters. The summed E-state index contributed by atoms with van der Waals surface area (Å²) in [7, 11) is 4.18. The highest BCUT2D eigenvalue weighted by Gasteiger charge is 2.16. The molecule has 4 nitrogen and oxygen atoms in total. The van der Waals surface area contributed by atoms with E-state index in [-0.39, 0.29) is 0 Å². The average molecular weight is 234 g/mol. The number of anilines is 1. The fraction of sp³-hybridized carbons (Fsp3) is 0.692. The molecule has 1 N–H and O–H groups in total. The van der Waals surface area contributed by atoms with Crippen molar-refractivity contribution in [3.8, 4) is 0 Å². The number of likely N-dealkylation sites (N-methyl/N-ethyl adjacent to an activating group) is 1. The second-order valence-electron chi connectivity index (χ2n) is 5.16. The average Bonchev–Trinajstić information content (AvgIpc) is 2.28. The van der Waals surface area contributed by atoms with Crippen LogP contribution in [0.5, 0.6) is 0 Å². The lowest BCUT2D eigenvalue weighted by Crippen LogP contribution is -2.30. The number of nitrogens with one attached hydrogen (secondary N) is 1. The molecule has 0 aliphatic heterocycles. The quantitative estimate of drug-likeness (QED) is 0.861. The summed E-state index contributed by atoms with van der Waals surface area (Å²) in [5, 5.41) is 3.51. The predicted molar refractivity (Wildman–Crippen MR) is 70.3 cm³/mol. The predicted octanol–water partition coefficient (Wildman–Crippen LogP) is 1.72. The Morgan fingerprint density at radius 2 is 2.06 bits per heavy atom. The molecule has 0 fully saturated rings. The summed E-state index contributed by atoms with van der Waals surface area (Å²) in [6.07, 6.45) is 6.43. The van der Waals surface area contributed by atoms with E-state index in [1.165, 1.54) is 24.1 Å². The van der Waals surface area contributed by atoms with E-state index in [4.69, 9.17) is 0 Å². The van der Waals surface area contributed by atoms with E-state index in [1.54, 1.807) is 6.33 Å². The molecule has 0 amide bonds. The first kappa shape index (κ1) is 12.3. The van der Waals surface area contributed by atoms with Crippen molar-refractivity contribution < 1.29 is 0 Å². The van der Waals surface area contributed by atoms with Gasteiger partial charge >= 0.3 is 0 Å². The van der Waals surface area contributed by atoms with E-state index in [9.17, 15) is 0 Å². The lowest BCUT2D eigenvalue weighted by atomic mass is 9.96. The zero-order valence-corrected chi connectivity index (χ0v) is 11.0. The SMILES string of the molecule is CC(CN(C)C)Nc1ncnc2c1CCCC2. The molecule has 0 saturated heterocycles. The molecule has 1 aromatic heterocycles. The van der Waals surface area contributed by atoms with Crippen LogP contribution in [0.15, 0.2) is 6.33 Å². The summed E-state index contributed by atoms with van der Waals surface area (Å²) in [6, 6.07) is 0.408. The molecule has 1 unspecified atom stereocenters. The van der Waals surface area contributed by atoms with Crippen molar-refractivity contribution in [2.75, 3.05) is 26.0 Å². The van der Waals surface area contributed by atoms with Gasteiger partial charge < -0.3 is 10.2 Å². The van der Waals surface area contributed by atoms with Crippen LogP contribution in [0.4, 0.5) is 5.82 Å². The Hall–Kier alpha value is -1.16. The van der Waals surface area contributed by atoms with Gasteiger partial charge in [-0.05, 0) is 46.7 Å². The van der Waals surface area contributed by atoms with E-state index in [0.29, 0.717) is 6.04 Å². The maximum Gasteiger partial charge on any atom is 0.133 e. The van der Waals surface area contributed by atoms with Crippen molar-refractivity contribution in [2.45, 2.75) is 38.6 Å². The van der Waals surface area contributed by atoms with Crippen LogP contribution in [-0.2, 0) is 12.8 Å². The topological polar surface area (TPSA) is 41.0 Å². The third kappa shape index (κ3) is 3.16. The molecule has 0 aromatic carbocycles. The number of fused-ring (bicyclic) bond motifs is 1. The van der Waals surface area contributed by atoms with Gasteiger partial charge in [-0.15, -0.1) is 0 Å². The third-order valence-corrected chi connectivity index (χ3v) is 3.15. The van der Waals surface area contributed by atoms with Gasteiger partial charge in [-0.3, -0.25) is 0 Å². The third-order valence-electron chi connectivity index (χ3n) is 3.15. The van der Waals surface area contributed by atoms with Gasteiger partial charge in [-0.1, -0.05) is 0 Å². The van der Waals surface area contributed by atoms with Crippen LogP contribution >= 0.6 is 0 Å². The van der Waals surface area contributed by atoms with Crippen molar-refractivity contribution in [1.29, 1.82) is 0 Å². The maximum atomic E-state index is 4.40. The molecule has 0 saturated carbocycles. The van der Waals surface area contributed by atoms with Crippen LogP contribution in [0.1, 0.15) is 31.0 Å². The zero-order chi connectivity index (χ0) is 12.3. The monoisotopic (exact) mass is 234 g/mol. The van der Waals surface area contributed by atoms with Gasteiger partial charge in [0, 0.05) is 23.8 Å². The van der Waals surface area contributed by atoms with Gasteiger partial charge in [0.05, 0.1) is 0 Å². The molecule has 1 aliphatic carbocycles. The largest absolute Gasteiger partial charge is 0.366 e. The minimum Gasteiger partial charge on any atom is -0.366 e. The molecule has 4 heteroatoms. The standard InChI is InChI=1S/C13H22N4/c1-10(8-17(2)3)16-13-11-6-4-5-7-12(11)14-9-15-13/h9-10H,4-8H2,1-3H3,(H,14,15,16). The van der Waals surface area contributed by atoms with E-state index in [1.807, 2.05) is 0 Å². The summed E-state index contributed by atoms with van der Waals surface area (Å²) in [5.74, 6) is 1.05. The van der Waals surface area contributed by atoms with E-state index in [0.717, 1.165) is 25.2 Å². The molecule has 0 spiro atoms. The van der Waals surface area contributed by atoms with E-state index in [2.05, 4.69) is 41.2 Å². The Balaban J connectivity index is 2.10. The normalized spacial score (nSPS) is 16.7. The lowest BCUT2D eigenvalue weighted by Gasteiger charge is -2.22. The first-order chi connectivity index (χ1) is 8.16. The number of hydrogen-bond acceptors (Lipinski definition) is 4. The summed E-state index contributed by atoms with van der Waals surface area (Å²) >= 11 is 0. The van der Waals surface area contributed by atoms with Crippen LogP contribution in [-0.4, -0.2) is 41.5 Å². The van der Waals surface area contributed by atoms with Gasteiger partial charge in [0.1, 0.15) is 12.1 Å². The fourth-order valence-corrected chi connectivity index (χ4v) is 2.47. The number of hydrogen-bond donors (Lipinski definition) is 1. The van der Waals surface area contributed by atoms with Crippen molar-refractivity contribution in [2.24, 2.45) is 0 Å². The molecule has 0 bridgehead atoms. The number of aromatic nitrogens is 2. The molecule has 1 heterocycles. The van der Waals surface area contributed by atoms with Gasteiger partial charge in [-0.2, -0.15) is 0 Å². The minimum atomic E-state index is 0.408. The summed E-state index contributed by atoms with van der Waals surface area (Å²) in [6.45, 7) is 3.20. The second kappa shape index (κ2) is 5.45. The second-order valence-corrected chi connectivity index (χ2v) is 5.16. The Kier molecular flexibility index (Phi) is 3.94.